The Kier molecular flexibility index (Phi) is 10.7. The summed E-state index contributed by atoms with van der Waals surface area (Å²) in [5.74, 6) is 2.57. The summed E-state index contributed by atoms with van der Waals surface area (Å²) in [5.41, 5.74) is 1.22. The number of ether oxygens (including phenoxy) is 2. The van der Waals surface area contributed by atoms with Gasteiger partial charge in [-0.25, -0.2) is 0 Å². The molecule has 1 unspecified atom stereocenters. The van der Waals surface area contributed by atoms with Gasteiger partial charge in [0.05, 0.1) is 13.7 Å². The second-order valence-electron chi connectivity index (χ2n) is 5.59. The van der Waals surface area contributed by atoms with E-state index in [1.165, 1.54) is 5.56 Å². The third-order valence-corrected chi connectivity index (χ3v) is 3.76. The molecular formula is C18H28IN5O3. The topological polar surface area (TPSA) is 93.8 Å². The molecule has 1 aromatic carbocycles. The predicted octanol–water partition coefficient (Wildman–Crippen LogP) is 2.70. The summed E-state index contributed by atoms with van der Waals surface area (Å²) in [5, 5.41) is 10.3. The molecule has 9 heteroatoms. The van der Waals surface area contributed by atoms with Gasteiger partial charge in [0.1, 0.15) is 11.9 Å². The highest BCUT2D eigenvalue weighted by Gasteiger charge is 2.13. The molecule has 0 fully saturated rings. The minimum absolute atomic E-state index is 0. The van der Waals surface area contributed by atoms with Crippen LogP contribution in [0, 0.1) is 0 Å². The Morgan fingerprint density at radius 3 is 2.63 bits per heavy atom. The summed E-state index contributed by atoms with van der Waals surface area (Å²) in [6.07, 6.45) is 0.695. The number of guanidine groups is 1. The number of hydrogen-bond donors (Lipinski definition) is 2. The number of nitrogens with one attached hydrogen (secondary N) is 2. The molecule has 2 rings (SSSR count). The first-order valence-electron chi connectivity index (χ1n) is 8.67. The van der Waals surface area contributed by atoms with E-state index in [0.717, 1.165) is 18.7 Å². The fourth-order valence-corrected chi connectivity index (χ4v) is 2.33. The molecule has 0 aliphatic rings. The summed E-state index contributed by atoms with van der Waals surface area (Å²) in [6, 6.07) is 8.02. The molecule has 1 heterocycles. The average molecular weight is 489 g/mol. The van der Waals surface area contributed by atoms with Crippen LogP contribution in [-0.2, 0) is 17.7 Å². The van der Waals surface area contributed by atoms with E-state index >= 15 is 0 Å². The molecule has 0 saturated carbocycles. The molecule has 0 amide bonds. The van der Waals surface area contributed by atoms with Crippen LogP contribution in [-0.4, -0.2) is 43.4 Å². The van der Waals surface area contributed by atoms with Gasteiger partial charge in [0.15, 0.2) is 11.8 Å². The van der Waals surface area contributed by atoms with E-state index in [1.807, 2.05) is 26.0 Å². The molecule has 1 atom stereocenters. The molecule has 0 radical (unpaired) electrons. The molecule has 0 aliphatic carbocycles. The number of aliphatic imine (C=N–C) groups is 1. The van der Waals surface area contributed by atoms with Crippen molar-refractivity contribution in [2.45, 2.75) is 32.9 Å². The van der Waals surface area contributed by atoms with Gasteiger partial charge < -0.3 is 24.6 Å². The first-order chi connectivity index (χ1) is 12.7. The summed E-state index contributed by atoms with van der Waals surface area (Å²) >= 11 is 0. The highest BCUT2D eigenvalue weighted by atomic mass is 127. The van der Waals surface area contributed by atoms with Gasteiger partial charge in [-0.05, 0) is 38.0 Å². The first-order valence-corrected chi connectivity index (χ1v) is 8.67. The number of aromatic nitrogens is 2. The Morgan fingerprint density at radius 1 is 1.26 bits per heavy atom. The van der Waals surface area contributed by atoms with Crippen molar-refractivity contribution in [3.63, 3.8) is 0 Å². The Labute approximate surface area is 177 Å². The fraction of sp³-hybridized carbons (Fsp3) is 0.500. The molecule has 1 aromatic heterocycles. The monoisotopic (exact) mass is 489 g/mol. The van der Waals surface area contributed by atoms with Gasteiger partial charge in [0, 0.05) is 20.2 Å². The number of hydrogen-bond acceptors (Lipinski definition) is 6. The van der Waals surface area contributed by atoms with Gasteiger partial charge in [-0.1, -0.05) is 17.3 Å². The lowest BCUT2D eigenvalue weighted by Crippen LogP contribution is -2.37. The van der Waals surface area contributed by atoms with Crippen molar-refractivity contribution in [1.29, 1.82) is 0 Å². The van der Waals surface area contributed by atoms with Crippen LogP contribution in [0.4, 0.5) is 0 Å². The van der Waals surface area contributed by atoms with Gasteiger partial charge >= 0.3 is 0 Å². The third kappa shape index (κ3) is 7.71. The lowest BCUT2D eigenvalue weighted by molar-refractivity contribution is 0.0683. The standard InChI is InChI=1S/C18H27N5O3.HI/c1-5-25-13(2)17-22-16(26-23-17)12-21-18(19-3)20-11-10-14-6-8-15(24-4)9-7-14;/h6-9,13H,5,10-12H2,1-4H3,(H2,19,20,21);1H. The van der Waals surface area contributed by atoms with Gasteiger partial charge in [-0.15, -0.1) is 24.0 Å². The van der Waals surface area contributed by atoms with Crippen LogP contribution in [0.25, 0.3) is 0 Å². The largest absolute Gasteiger partial charge is 0.497 e. The number of rotatable bonds is 9. The summed E-state index contributed by atoms with van der Waals surface area (Å²) in [7, 11) is 3.38. The van der Waals surface area contributed by atoms with E-state index in [9.17, 15) is 0 Å². The molecule has 8 nitrogen and oxygen atoms in total. The van der Waals surface area contributed by atoms with Crippen molar-refractivity contribution in [2.75, 3.05) is 27.3 Å². The Morgan fingerprint density at radius 2 is 2.00 bits per heavy atom. The quantitative estimate of drug-likeness (QED) is 0.318. The lowest BCUT2D eigenvalue weighted by Gasteiger charge is -2.10. The maximum absolute atomic E-state index is 5.45. The van der Waals surface area contributed by atoms with Gasteiger partial charge in [-0.2, -0.15) is 4.98 Å². The number of benzene rings is 1. The number of nitrogens with zero attached hydrogens (tertiary/aromatic N) is 3. The summed E-state index contributed by atoms with van der Waals surface area (Å²) < 4.78 is 15.8. The zero-order chi connectivity index (χ0) is 18.8. The summed E-state index contributed by atoms with van der Waals surface area (Å²) in [4.78, 5) is 8.51. The first kappa shape index (κ1) is 23.2. The Hall–Kier alpha value is -1.88. The second kappa shape index (κ2) is 12.5. The Balaban J connectivity index is 0.00000364. The Bertz CT molecular complexity index is 691. The van der Waals surface area contributed by atoms with Crippen LogP contribution in [0.5, 0.6) is 5.75 Å². The van der Waals surface area contributed by atoms with Crippen LogP contribution in [0.2, 0.25) is 0 Å². The average Bonchev–Trinajstić information content (AvgIpc) is 3.14. The van der Waals surface area contributed by atoms with Crippen LogP contribution < -0.4 is 15.4 Å². The maximum atomic E-state index is 5.45. The van der Waals surface area contributed by atoms with Crippen molar-refractivity contribution in [3.8, 4) is 5.75 Å². The molecule has 27 heavy (non-hydrogen) atoms. The van der Waals surface area contributed by atoms with Crippen LogP contribution in [0.15, 0.2) is 33.8 Å². The lowest BCUT2D eigenvalue weighted by atomic mass is 10.1. The predicted molar refractivity (Wildman–Crippen MR) is 115 cm³/mol. The smallest absolute Gasteiger partial charge is 0.246 e. The van der Waals surface area contributed by atoms with Gasteiger partial charge in [0.25, 0.3) is 0 Å². The van der Waals surface area contributed by atoms with Crippen LogP contribution in [0.3, 0.4) is 0 Å². The number of halogens is 1. The third-order valence-electron chi connectivity index (χ3n) is 3.76. The van der Waals surface area contributed by atoms with Crippen molar-refractivity contribution in [3.05, 3.63) is 41.5 Å². The second-order valence-corrected chi connectivity index (χ2v) is 5.59. The van der Waals surface area contributed by atoms with Crippen LogP contribution >= 0.6 is 24.0 Å². The minimum Gasteiger partial charge on any atom is -0.497 e. The summed E-state index contributed by atoms with van der Waals surface area (Å²) in [6.45, 7) is 5.58. The van der Waals surface area contributed by atoms with E-state index in [-0.39, 0.29) is 30.1 Å². The van der Waals surface area contributed by atoms with E-state index < -0.39 is 0 Å². The molecule has 150 valence electrons. The molecule has 2 aromatic rings. The highest BCUT2D eigenvalue weighted by Crippen LogP contribution is 2.12. The molecular weight excluding hydrogens is 461 g/mol. The SMILES string of the molecule is CCOC(C)c1noc(CNC(=NC)NCCc2ccc(OC)cc2)n1.I. The minimum atomic E-state index is -0.181. The zero-order valence-electron chi connectivity index (χ0n) is 16.2. The van der Waals surface area contributed by atoms with E-state index in [2.05, 4.69) is 37.9 Å². The van der Waals surface area contributed by atoms with Crippen LogP contribution in [0.1, 0.15) is 37.2 Å². The van der Waals surface area contributed by atoms with Gasteiger partial charge in [-0.3, -0.25) is 4.99 Å². The fourth-order valence-electron chi connectivity index (χ4n) is 2.33. The molecule has 0 bridgehead atoms. The number of methoxy groups -OCH3 is 1. The molecule has 0 saturated heterocycles. The maximum Gasteiger partial charge on any atom is 0.246 e. The van der Waals surface area contributed by atoms with E-state index in [1.54, 1.807) is 14.2 Å². The zero-order valence-corrected chi connectivity index (χ0v) is 18.5. The molecule has 2 N–H and O–H groups in total. The molecule has 0 aliphatic heterocycles. The normalized spacial score (nSPS) is 12.2. The molecule has 0 spiro atoms. The van der Waals surface area contributed by atoms with E-state index in [4.69, 9.17) is 14.0 Å². The van der Waals surface area contributed by atoms with Crippen molar-refractivity contribution in [1.82, 2.24) is 20.8 Å². The highest BCUT2D eigenvalue weighted by molar-refractivity contribution is 14.0. The van der Waals surface area contributed by atoms with Crippen molar-refractivity contribution < 1.29 is 14.0 Å². The van der Waals surface area contributed by atoms with Gasteiger partial charge in [0.2, 0.25) is 5.89 Å². The van der Waals surface area contributed by atoms with Crippen molar-refractivity contribution >= 4 is 29.9 Å². The van der Waals surface area contributed by atoms with E-state index in [0.29, 0.717) is 30.8 Å². The van der Waals surface area contributed by atoms with Crippen molar-refractivity contribution in [2.24, 2.45) is 4.99 Å².